The maximum absolute atomic E-state index is 13.7. The molecular weight excluding hydrogens is 468 g/mol. The number of amides is 1. The van der Waals surface area contributed by atoms with Gasteiger partial charge in [-0.25, -0.2) is 13.5 Å². The number of carbonyl (C=O) groups excluding carboxylic acids is 1. The summed E-state index contributed by atoms with van der Waals surface area (Å²) in [4.78, 5) is 13.4. The molecule has 1 N–H and O–H groups in total. The average molecular weight is 490 g/mol. The van der Waals surface area contributed by atoms with Crippen molar-refractivity contribution in [2.45, 2.75) is 19.8 Å². The van der Waals surface area contributed by atoms with Gasteiger partial charge in [-0.15, -0.1) is 10.2 Å². The molecule has 0 aliphatic heterocycles. The zero-order valence-corrected chi connectivity index (χ0v) is 19.8. The van der Waals surface area contributed by atoms with Gasteiger partial charge in [-0.3, -0.25) is 4.79 Å². The maximum Gasteiger partial charge on any atom is 0.232 e. The summed E-state index contributed by atoms with van der Waals surface area (Å²) >= 11 is 1.24. The van der Waals surface area contributed by atoms with Crippen LogP contribution < -0.4 is 5.32 Å². The number of nitrogens with zero attached hydrogens (tertiary/aromatic N) is 4. The van der Waals surface area contributed by atoms with Gasteiger partial charge in [0.15, 0.2) is 0 Å². The first-order valence-corrected chi connectivity index (χ1v) is 11.8. The van der Waals surface area contributed by atoms with Gasteiger partial charge in [-0.05, 0) is 59.7 Å². The summed E-state index contributed by atoms with van der Waals surface area (Å²) in [6.07, 6.45) is 1.73. The monoisotopic (exact) mass is 489 g/mol. The fourth-order valence-electron chi connectivity index (χ4n) is 4.32. The number of hydrogen-bond acceptors (Lipinski definition) is 5. The van der Waals surface area contributed by atoms with Gasteiger partial charge in [-0.1, -0.05) is 43.4 Å². The molecule has 2 aromatic heterocycles. The summed E-state index contributed by atoms with van der Waals surface area (Å²) in [6.45, 7) is 3.70. The van der Waals surface area contributed by atoms with E-state index in [1.165, 1.54) is 35.6 Å². The number of fused-ring (bicyclic) bond motifs is 1. The SMILES string of the molecule is CC(C)(C(=O)Nc1nncs1)C(c1ccc(F)cc1)c1ccc2c(cnn2-c2ccc(F)cc2)c1. The second kappa shape index (κ2) is 8.99. The Morgan fingerprint density at radius 2 is 1.63 bits per heavy atom. The van der Waals surface area contributed by atoms with Gasteiger partial charge in [0.05, 0.1) is 22.8 Å². The van der Waals surface area contributed by atoms with Gasteiger partial charge in [0.1, 0.15) is 17.1 Å². The van der Waals surface area contributed by atoms with Crippen LogP contribution in [0.15, 0.2) is 78.4 Å². The number of carbonyl (C=O) groups is 1. The van der Waals surface area contributed by atoms with Gasteiger partial charge < -0.3 is 5.32 Å². The summed E-state index contributed by atoms with van der Waals surface area (Å²) in [7, 11) is 0. The average Bonchev–Trinajstić information content (AvgIpc) is 3.51. The zero-order chi connectivity index (χ0) is 24.6. The van der Waals surface area contributed by atoms with Crippen LogP contribution >= 0.6 is 11.3 Å². The second-order valence-corrected chi connectivity index (χ2v) is 9.59. The number of nitrogens with one attached hydrogen (secondary N) is 1. The molecule has 5 aromatic rings. The van der Waals surface area contributed by atoms with E-state index in [-0.39, 0.29) is 17.5 Å². The third-order valence-corrected chi connectivity index (χ3v) is 6.69. The normalized spacial score (nSPS) is 12.6. The molecule has 0 spiro atoms. The molecule has 0 aliphatic carbocycles. The standard InChI is InChI=1S/C26H21F2N5OS/c1-26(2,24(34)31-25-32-29-15-35-25)23(16-3-6-19(27)7-4-16)17-5-12-22-18(13-17)14-30-33(22)21-10-8-20(28)9-11-21/h3-15,23H,1-2H3,(H,31,32,34). The number of halogens is 2. The molecule has 0 fully saturated rings. The summed E-state index contributed by atoms with van der Waals surface area (Å²) in [5, 5.41) is 16.3. The summed E-state index contributed by atoms with van der Waals surface area (Å²) in [5.74, 6) is -1.29. The fraction of sp³-hybridized carbons (Fsp3) is 0.154. The topological polar surface area (TPSA) is 72.7 Å². The largest absolute Gasteiger partial charge is 0.300 e. The first-order valence-electron chi connectivity index (χ1n) is 10.9. The van der Waals surface area contributed by atoms with Crippen molar-refractivity contribution in [3.63, 3.8) is 0 Å². The number of rotatable bonds is 6. The molecule has 35 heavy (non-hydrogen) atoms. The zero-order valence-electron chi connectivity index (χ0n) is 18.9. The highest BCUT2D eigenvalue weighted by Crippen LogP contribution is 2.43. The Morgan fingerprint density at radius 3 is 2.29 bits per heavy atom. The van der Waals surface area contributed by atoms with E-state index in [4.69, 9.17) is 0 Å². The summed E-state index contributed by atoms with van der Waals surface area (Å²) in [6, 6.07) is 18.2. The summed E-state index contributed by atoms with van der Waals surface area (Å²) in [5.41, 5.74) is 3.88. The highest BCUT2D eigenvalue weighted by molar-refractivity contribution is 7.13. The minimum atomic E-state index is -0.926. The molecule has 176 valence electrons. The molecule has 0 saturated carbocycles. The van der Waals surface area contributed by atoms with E-state index in [9.17, 15) is 13.6 Å². The van der Waals surface area contributed by atoms with Crippen LogP contribution in [0.25, 0.3) is 16.6 Å². The van der Waals surface area contributed by atoms with Crippen molar-refractivity contribution in [2.24, 2.45) is 5.41 Å². The molecule has 1 unspecified atom stereocenters. The number of anilines is 1. The molecule has 0 saturated heterocycles. The predicted molar refractivity (Wildman–Crippen MR) is 132 cm³/mol. The summed E-state index contributed by atoms with van der Waals surface area (Å²) < 4.78 is 28.8. The van der Waals surface area contributed by atoms with Crippen molar-refractivity contribution in [3.05, 3.63) is 101 Å². The van der Waals surface area contributed by atoms with Gasteiger partial charge in [0.25, 0.3) is 0 Å². The van der Waals surface area contributed by atoms with Crippen LogP contribution in [0.5, 0.6) is 0 Å². The van der Waals surface area contributed by atoms with Crippen LogP contribution in [-0.4, -0.2) is 25.9 Å². The Hall–Kier alpha value is -3.98. The van der Waals surface area contributed by atoms with Crippen LogP contribution in [0.2, 0.25) is 0 Å². The van der Waals surface area contributed by atoms with Crippen molar-refractivity contribution in [1.29, 1.82) is 0 Å². The minimum Gasteiger partial charge on any atom is -0.300 e. The van der Waals surface area contributed by atoms with Gasteiger partial charge in [0.2, 0.25) is 11.0 Å². The van der Waals surface area contributed by atoms with Crippen LogP contribution in [-0.2, 0) is 4.79 Å². The first kappa shape index (κ1) is 22.8. The Bertz CT molecular complexity index is 1480. The molecule has 0 bridgehead atoms. The van der Waals surface area contributed by atoms with Gasteiger partial charge in [-0.2, -0.15) is 5.10 Å². The Morgan fingerprint density at radius 1 is 0.971 bits per heavy atom. The van der Waals surface area contributed by atoms with E-state index >= 15 is 0 Å². The lowest BCUT2D eigenvalue weighted by Gasteiger charge is -2.33. The smallest absolute Gasteiger partial charge is 0.232 e. The van der Waals surface area contributed by atoms with Crippen molar-refractivity contribution in [3.8, 4) is 5.69 Å². The van der Waals surface area contributed by atoms with Crippen molar-refractivity contribution in [1.82, 2.24) is 20.0 Å². The highest BCUT2D eigenvalue weighted by atomic mass is 32.1. The van der Waals surface area contributed by atoms with Crippen molar-refractivity contribution >= 4 is 33.3 Å². The van der Waals surface area contributed by atoms with E-state index in [1.807, 2.05) is 32.0 Å². The third-order valence-electron chi connectivity index (χ3n) is 6.09. The Labute approximate surface area is 204 Å². The van der Waals surface area contributed by atoms with E-state index in [1.54, 1.807) is 40.7 Å². The van der Waals surface area contributed by atoms with Crippen molar-refractivity contribution in [2.75, 3.05) is 5.32 Å². The molecule has 6 nitrogen and oxygen atoms in total. The van der Waals surface area contributed by atoms with Gasteiger partial charge in [0, 0.05) is 11.3 Å². The maximum atomic E-state index is 13.7. The second-order valence-electron chi connectivity index (χ2n) is 8.76. The highest BCUT2D eigenvalue weighted by Gasteiger charge is 2.39. The number of hydrogen-bond donors (Lipinski definition) is 1. The lowest BCUT2D eigenvalue weighted by Crippen LogP contribution is -2.37. The van der Waals surface area contributed by atoms with E-state index in [0.29, 0.717) is 5.13 Å². The quantitative estimate of drug-likeness (QED) is 0.320. The van der Waals surface area contributed by atoms with E-state index < -0.39 is 11.3 Å². The van der Waals surface area contributed by atoms with Crippen LogP contribution in [0, 0.1) is 17.0 Å². The molecule has 0 aliphatic rings. The lowest BCUT2D eigenvalue weighted by atomic mass is 9.70. The van der Waals surface area contributed by atoms with Crippen LogP contribution in [0.3, 0.4) is 0 Å². The van der Waals surface area contributed by atoms with E-state index in [0.717, 1.165) is 27.7 Å². The Kier molecular flexibility index (Phi) is 5.86. The van der Waals surface area contributed by atoms with Crippen LogP contribution in [0.1, 0.15) is 30.9 Å². The lowest BCUT2D eigenvalue weighted by molar-refractivity contribution is -0.124. The molecule has 0 radical (unpaired) electrons. The van der Waals surface area contributed by atoms with Crippen LogP contribution in [0.4, 0.5) is 13.9 Å². The predicted octanol–water partition coefficient (Wildman–Crippen LogP) is 5.95. The number of aromatic nitrogens is 4. The van der Waals surface area contributed by atoms with Gasteiger partial charge >= 0.3 is 0 Å². The molecule has 1 amide bonds. The van der Waals surface area contributed by atoms with Crippen molar-refractivity contribution < 1.29 is 13.6 Å². The van der Waals surface area contributed by atoms with E-state index in [2.05, 4.69) is 20.6 Å². The minimum absolute atomic E-state index is 0.231. The number of benzene rings is 3. The molecule has 1 atom stereocenters. The molecule has 5 rings (SSSR count). The molecular formula is C26H21F2N5OS. The molecule has 9 heteroatoms. The Balaban J connectivity index is 1.58. The molecule has 2 heterocycles. The fourth-order valence-corrected chi connectivity index (χ4v) is 4.76. The third kappa shape index (κ3) is 4.42. The molecule has 3 aromatic carbocycles. The first-order chi connectivity index (χ1) is 16.8.